The Kier molecular flexibility index (Phi) is 7.12. The number of likely N-dealkylation sites (tertiary alicyclic amines) is 1. The lowest BCUT2D eigenvalue weighted by atomic mass is 10.0. The number of carbonyl (C=O) groups is 1. The van der Waals surface area contributed by atoms with Gasteiger partial charge in [0, 0.05) is 31.2 Å². The minimum Gasteiger partial charge on any atom is -0.488 e. The van der Waals surface area contributed by atoms with Gasteiger partial charge in [0.05, 0.1) is 16.7 Å². The van der Waals surface area contributed by atoms with E-state index in [9.17, 15) is 14.7 Å². The number of hydrogen-bond acceptors (Lipinski definition) is 5. The highest BCUT2D eigenvalue weighted by atomic mass is 16.5. The molecule has 1 aliphatic heterocycles. The minimum absolute atomic E-state index is 0.0712. The number of para-hydroxylation sites is 4. The molecule has 2 heterocycles. The summed E-state index contributed by atoms with van der Waals surface area (Å²) in [6.07, 6.45) is 1.65. The minimum atomic E-state index is -1.10. The molecule has 1 aliphatic rings. The second-order valence-corrected chi connectivity index (χ2v) is 9.93. The zero-order valence-electron chi connectivity index (χ0n) is 20.9. The molecule has 1 atom stereocenters. The van der Waals surface area contributed by atoms with Crippen LogP contribution in [-0.4, -0.2) is 57.3 Å². The van der Waals surface area contributed by atoms with Crippen LogP contribution in [-0.2, 0) is 0 Å². The second-order valence-electron chi connectivity index (χ2n) is 9.93. The fourth-order valence-electron chi connectivity index (χ4n) is 5.01. The smallest absolute Gasteiger partial charge is 0.326 e. The van der Waals surface area contributed by atoms with Crippen LogP contribution >= 0.6 is 0 Å². The molecule has 1 saturated heterocycles. The number of carbonyl (C=O) groups excluding carboxylic acids is 1. The molecular formula is C29H32N4O4. The number of amides is 1. The number of fused-ring (bicyclic) bond motifs is 1. The van der Waals surface area contributed by atoms with E-state index in [4.69, 9.17) is 4.74 Å². The summed E-state index contributed by atoms with van der Waals surface area (Å²) < 4.78 is 7.85. The van der Waals surface area contributed by atoms with Crippen molar-refractivity contribution in [2.45, 2.75) is 31.4 Å². The largest absolute Gasteiger partial charge is 0.488 e. The summed E-state index contributed by atoms with van der Waals surface area (Å²) in [5, 5.41) is 14.0. The summed E-state index contributed by atoms with van der Waals surface area (Å²) in [6.45, 7) is 3.83. The highest BCUT2D eigenvalue weighted by molar-refractivity contribution is 6.04. The number of nitrogens with zero attached hydrogens (tertiary/aromatic N) is 2. The third-order valence-corrected chi connectivity index (χ3v) is 6.82. The summed E-state index contributed by atoms with van der Waals surface area (Å²) in [5.74, 6) is 0.282. The number of β-amino-alcohol motifs (C(OH)–C–C–N with tert-alkyl or cyclic N) is 1. The predicted octanol–water partition coefficient (Wildman–Crippen LogP) is 4.05. The molecule has 3 aromatic carbocycles. The number of H-pyrrole nitrogens is 1. The zero-order chi connectivity index (χ0) is 25.8. The zero-order valence-corrected chi connectivity index (χ0v) is 20.9. The van der Waals surface area contributed by atoms with Crippen LogP contribution in [0.1, 0.15) is 36.2 Å². The Morgan fingerprint density at radius 2 is 1.70 bits per heavy atom. The van der Waals surface area contributed by atoms with Crippen molar-refractivity contribution >= 4 is 22.6 Å². The number of aliphatic hydroxyl groups is 1. The summed E-state index contributed by atoms with van der Waals surface area (Å²) >= 11 is 0. The van der Waals surface area contributed by atoms with Crippen molar-refractivity contribution < 1.29 is 14.6 Å². The molecule has 8 nitrogen and oxygen atoms in total. The number of anilines is 1. The van der Waals surface area contributed by atoms with E-state index in [-0.39, 0.29) is 24.2 Å². The van der Waals surface area contributed by atoms with Crippen LogP contribution in [0.25, 0.3) is 11.0 Å². The van der Waals surface area contributed by atoms with E-state index in [1.54, 1.807) is 31.2 Å². The Hall–Kier alpha value is -3.88. The summed E-state index contributed by atoms with van der Waals surface area (Å²) in [5.41, 5.74) is 1.73. The Balaban J connectivity index is 1.17. The molecule has 0 aliphatic carbocycles. The topological polar surface area (TPSA) is 99.6 Å². The number of ether oxygens (including phenoxy) is 1. The molecule has 1 amide bonds. The predicted molar refractivity (Wildman–Crippen MR) is 144 cm³/mol. The van der Waals surface area contributed by atoms with Crippen LogP contribution in [0.15, 0.2) is 83.7 Å². The molecule has 8 heteroatoms. The van der Waals surface area contributed by atoms with Gasteiger partial charge in [-0.3, -0.25) is 9.36 Å². The van der Waals surface area contributed by atoms with Crippen molar-refractivity contribution in [1.29, 1.82) is 0 Å². The Morgan fingerprint density at radius 1 is 1.03 bits per heavy atom. The molecule has 0 spiro atoms. The average Bonchev–Trinajstić information content (AvgIpc) is 3.24. The maximum absolute atomic E-state index is 12.6. The average molecular weight is 501 g/mol. The van der Waals surface area contributed by atoms with Crippen molar-refractivity contribution in [3.8, 4) is 5.75 Å². The fraction of sp³-hybridized carbons (Fsp3) is 0.310. The standard InChI is InChI=1S/C29H32N4O4/c1-29(36,20-37-26-14-8-6-12-24(26)30-27(34)21-9-3-2-4-10-21)19-32-17-15-22(16-18-32)33-25-13-7-5-11-23(25)31-28(33)35/h2-14,22,36H,15-20H2,1H3,(H,30,34)(H,31,35). The van der Waals surface area contributed by atoms with E-state index >= 15 is 0 Å². The lowest BCUT2D eigenvalue weighted by Crippen LogP contribution is -2.48. The molecule has 4 aromatic rings. The second kappa shape index (κ2) is 10.6. The Morgan fingerprint density at radius 3 is 2.49 bits per heavy atom. The number of benzene rings is 3. The summed E-state index contributed by atoms with van der Waals surface area (Å²) in [7, 11) is 0. The molecule has 5 rings (SSSR count). The molecule has 0 saturated carbocycles. The van der Waals surface area contributed by atoms with Crippen molar-refractivity contribution in [1.82, 2.24) is 14.5 Å². The van der Waals surface area contributed by atoms with Crippen molar-refractivity contribution in [3.63, 3.8) is 0 Å². The van der Waals surface area contributed by atoms with Crippen LogP contribution < -0.4 is 15.7 Å². The van der Waals surface area contributed by atoms with E-state index in [1.165, 1.54) is 0 Å². The third-order valence-electron chi connectivity index (χ3n) is 6.82. The number of aromatic amines is 1. The third kappa shape index (κ3) is 5.76. The van der Waals surface area contributed by atoms with Gasteiger partial charge in [-0.25, -0.2) is 4.79 Å². The lowest BCUT2D eigenvalue weighted by Gasteiger charge is -2.36. The van der Waals surface area contributed by atoms with Gasteiger partial charge in [-0.15, -0.1) is 0 Å². The molecule has 1 fully saturated rings. The van der Waals surface area contributed by atoms with Crippen molar-refractivity contribution in [2.24, 2.45) is 0 Å². The Bertz CT molecular complexity index is 1420. The molecule has 0 bridgehead atoms. The van der Waals surface area contributed by atoms with Crippen molar-refractivity contribution in [2.75, 3.05) is 31.6 Å². The van der Waals surface area contributed by atoms with Gasteiger partial charge in [0.1, 0.15) is 18.0 Å². The van der Waals surface area contributed by atoms with Crippen LogP contribution in [0.4, 0.5) is 5.69 Å². The van der Waals surface area contributed by atoms with Crippen LogP contribution in [0, 0.1) is 0 Å². The van der Waals surface area contributed by atoms with Crippen LogP contribution in [0.5, 0.6) is 5.75 Å². The SMILES string of the molecule is CC(O)(COc1ccccc1NC(=O)c1ccccc1)CN1CCC(n2c(=O)[nH]c3ccccc32)CC1. The van der Waals surface area contributed by atoms with Gasteiger partial charge in [-0.05, 0) is 56.2 Å². The Labute approximate surface area is 215 Å². The number of aromatic nitrogens is 2. The van der Waals surface area contributed by atoms with Gasteiger partial charge in [-0.1, -0.05) is 42.5 Å². The van der Waals surface area contributed by atoms with Gasteiger partial charge in [0.2, 0.25) is 0 Å². The molecule has 0 radical (unpaired) electrons. The molecule has 1 aromatic heterocycles. The maximum atomic E-state index is 12.6. The van der Waals surface area contributed by atoms with Gasteiger partial charge < -0.3 is 25.0 Å². The highest BCUT2D eigenvalue weighted by Crippen LogP contribution is 2.28. The van der Waals surface area contributed by atoms with Crippen LogP contribution in [0.3, 0.4) is 0 Å². The van der Waals surface area contributed by atoms with E-state index in [2.05, 4.69) is 15.2 Å². The fourth-order valence-corrected chi connectivity index (χ4v) is 5.01. The van der Waals surface area contributed by atoms with Gasteiger partial charge in [0.15, 0.2) is 0 Å². The highest BCUT2D eigenvalue weighted by Gasteiger charge is 2.30. The first-order valence-electron chi connectivity index (χ1n) is 12.6. The number of piperidine rings is 1. The lowest BCUT2D eigenvalue weighted by molar-refractivity contribution is -0.0234. The molecule has 192 valence electrons. The van der Waals surface area contributed by atoms with Gasteiger partial charge in [0.25, 0.3) is 5.91 Å². The van der Waals surface area contributed by atoms with Crippen LogP contribution in [0.2, 0.25) is 0 Å². The molecule has 1 unspecified atom stereocenters. The first-order valence-corrected chi connectivity index (χ1v) is 12.6. The van der Waals surface area contributed by atoms with E-state index in [0.717, 1.165) is 37.0 Å². The number of imidazole rings is 1. The summed E-state index contributed by atoms with van der Waals surface area (Å²) in [4.78, 5) is 30.3. The monoisotopic (exact) mass is 500 g/mol. The normalized spacial score (nSPS) is 16.4. The van der Waals surface area contributed by atoms with E-state index in [0.29, 0.717) is 23.5 Å². The van der Waals surface area contributed by atoms with Gasteiger partial charge >= 0.3 is 5.69 Å². The van der Waals surface area contributed by atoms with Crippen molar-refractivity contribution in [3.05, 3.63) is 94.9 Å². The molecule has 37 heavy (non-hydrogen) atoms. The van der Waals surface area contributed by atoms with E-state index < -0.39 is 5.60 Å². The number of rotatable bonds is 8. The summed E-state index contributed by atoms with van der Waals surface area (Å²) in [6, 6.07) is 24.1. The number of nitrogens with one attached hydrogen (secondary N) is 2. The van der Waals surface area contributed by atoms with E-state index in [1.807, 2.05) is 59.2 Å². The molecular weight excluding hydrogens is 468 g/mol. The quantitative estimate of drug-likeness (QED) is 0.339. The van der Waals surface area contributed by atoms with Gasteiger partial charge in [-0.2, -0.15) is 0 Å². The maximum Gasteiger partial charge on any atom is 0.326 e. The first kappa shape index (κ1) is 24.8. The number of hydrogen-bond donors (Lipinski definition) is 3. The molecule has 3 N–H and O–H groups in total. The first-order chi connectivity index (χ1) is 17.9.